The van der Waals surface area contributed by atoms with Gasteiger partial charge in [-0.25, -0.2) is 13.4 Å². The third-order valence-corrected chi connectivity index (χ3v) is 7.83. The third kappa shape index (κ3) is 5.08. The number of H-pyrrole nitrogens is 1. The van der Waals surface area contributed by atoms with Crippen LogP contribution in [0.1, 0.15) is 29.5 Å². The summed E-state index contributed by atoms with van der Waals surface area (Å²) in [5, 5.41) is 11.3. The van der Waals surface area contributed by atoms with Crippen molar-refractivity contribution < 1.29 is 13.5 Å². The van der Waals surface area contributed by atoms with Crippen LogP contribution in [0.4, 0.5) is 11.4 Å². The van der Waals surface area contributed by atoms with E-state index in [0.29, 0.717) is 40.7 Å². The van der Waals surface area contributed by atoms with Crippen LogP contribution in [0.25, 0.3) is 10.9 Å². The zero-order chi connectivity index (χ0) is 24.6. The highest BCUT2D eigenvalue weighted by atomic mass is 32.2. The summed E-state index contributed by atoms with van der Waals surface area (Å²) in [6, 6.07) is 22.9. The molecule has 0 aliphatic heterocycles. The molecule has 1 fully saturated rings. The largest absolute Gasteiger partial charge is 0.494 e. The second kappa shape index (κ2) is 9.20. The Kier molecular flexibility index (Phi) is 6.08. The van der Waals surface area contributed by atoms with Gasteiger partial charge >= 0.3 is 0 Å². The number of sulfonamides is 1. The normalized spacial score (nSPS) is 14.5. The molecule has 4 aromatic rings. The second-order valence-corrected chi connectivity index (χ2v) is 11.1. The Morgan fingerprint density at radius 2 is 1.77 bits per heavy atom. The predicted octanol–water partition coefficient (Wildman–Crippen LogP) is 5.01. The van der Waals surface area contributed by atoms with Crippen LogP contribution in [0.3, 0.4) is 0 Å². The van der Waals surface area contributed by atoms with E-state index in [-0.39, 0.29) is 11.1 Å². The van der Waals surface area contributed by atoms with Gasteiger partial charge in [-0.3, -0.25) is 4.72 Å². The Labute approximate surface area is 205 Å². The van der Waals surface area contributed by atoms with Crippen molar-refractivity contribution >= 4 is 38.0 Å². The van der Waals surface area contributed by atoms with E-state index in [9.17, 15) is 13.5 Å². The van der Waals surface area contributed by atoms with Crippen molar-refractivity contribution in [2.45, 2.75) is 24.6 Å². The van der Waals surface area contributed by atoms with Crippen molar-refractivity contribution in [3.8, 4) is 5.88 Å². The first kappa shape index (κ1) is 23.1. The number of benzene rings is 3. The number of nitrogens with one attached hydrogen (secondary N) is 2. The van der Waals surface area contributed by atoms with Crippen molar-refractivity contribution in [3.05, 3.63) is 89.5 Å². The van der Waals surface area contributed by atoms with Crippen LogP contribution < -0.4 is 4.72 Å². The molecule has 0 unspecified atom stereocenters. The molecule has 1 heterocycles. The maximum atomic E-state index is 12.5. The maximum absolute atomic E-state index is 12.5. The zero-order valence-corrected chi connectivity index (χ0v) is 20.5. The third-order valence-electron chi connectivity index (χ3n) is 5.96. The molecule has 0 radical (unpaired) electrons. The van der Waals surface area contributed by atoms with Gasteiger partial charge in [0.1, 0.15) is 0 Å². The number of nitrogens with zero attached hydrogens (tertiary/aromatic N) is 2. The molecule has 0 saturated heterocycles. The Balaban J connectivity index is 1.61. The number of aromatic amines is 1. The van der Waals surface area contributed by atoms with E-state index in [0.717, 1.165) is 17.8 Å². The lowest BCUT2D eigenvalue weighted by molar-refractivity contribution is 0.402. The first-order valence-corrected chi connectivity index (χ1v) is 13.1. The van der Waals surface area contributed by atoms with Gasteiger partial charge in [-0.2, -0.15) is 0 Å². The Bertz CT molecular complexity index is 1490. The van der Waals surface area contributed by atoms with E-state index in [1.165, 1.54) is 5.56 Å². The molecule has 0 spiro atoms. The van der Waals surface area contributed by atoms with Gasteiger partial charge < -0.3 is 15.0 Å². The average molecular weight is 489 g/mol. The standard InChI is InChI=1S/C27H28N4O3S/c1-31(2)17-18-8-10-20(11-9-18)28-26(19-6-4-3-5-7-19)25-23-16-21(12-15-24(23)29-27(25)32)30-35(33,34)22-13-14-22/h3-12,15-16,22,29-30,32H,13-14,17H2,1-2H3. The topological polar surface area (TPSA) is 97.8 Å². The van der Waals surface area contributed by atoms with E-state index in [4.69, 9.17) is 4.99 Å². The van der Waals surface area contributed by atoms with Gasteiger partial charge in [0.05, 0.1) is 22.2 Å². The molecule has 1 aliphatic carbocycles. The van der Waals surface area contributed by atoms with Crippen molar-refractivity contribution in [1.82, 2.24) is 9.88 Å². The van der Waals surface area contributed by atoms with Crippen LogP contribution >= 0.6 is 0 Å². The minimum absolute atomic E-state index is 0.0194. The number of aromatic nitrogens is 1. The van der Waals surface area contributed by atoms with Gasteiger partial charge in [-0.15, -0.1) is 0 Å². The van der Waals surface area contributed by atoms with E-state index >= 15 is 0 Å². The molecule has 1 aromatic heterocycles. The second-order valence-electron chi connectivity index (χ2n) is 9.19. The van der Waals surface area contributed by atoms with E-state index in [1.807, 2.05) is 68.7 Å². The van der Waals surface area contributed by atoms with Crippen molar-refractivity contribution in [3.63, 3.8) is 0 Å². The van der Waals surface area contributed by atoms with Crippen LogP contribution in [0.2, 0.25) is 0 Å². The lowest BCUT2D eigenvalue weighted by Crippen LogP contribution is -2.17. The summed E-state index contributed by atoms with van der Waals surface area (Å²) >= 11 is 0. The molecule has 1 saturated carbocycles. The number of hydrogen-bond donors (Lipinski definition) is 3. The lowest BCUT2D eigenvalue weighted by atomic mass is 10.0. The molecule has 0 amide bonds. The zero-order valence-electron chi connectivity index (χ0n) is 19.7. The number of rotatable bonds is 8. The summed E-state index contributed by atoms with van der Waals surface area (Å²) in [6.45, 7) is 0.832. The van der Waals surface area contributed by atoms with Crippen molar-refractivity contribution in [2.24, 2.45) is 4.99 Å². The number of aliphatic imine (C=N–C) groups is 1. The molecule has 0 atom stereocenters. The molecule has 7 nitrogen and oxygen atoms in total. The van der Waals surface area contributed by atoms with Gasteiger partial charge in [-0.05, 0) is 62.8 Å². The first-order valence-electron chi connectivity index (χ1n) is 11.5. The van der Waals surface area contributed by atoms with E-state index < -0.39 is 10.0 Å². The molecule has 5 rings (SSSR count). The molecule has 180 valence electrons. The summed E-state index contributed by atoms with van der Waals surface area (Å²) in [6.07, 6.45) is 1.37. The molecule has 1 aliphatic rings. The summed E-state index contributed by atoms with van der Waals surface area (Å²) in [5.74, 6) is -0.0194. The van der Waals surface area contributed by atoms with Crippen molar-refractivity contribution in [2.75, 3.05) is 18.8 Å². The number of aromatic hydroxyl groups is 1. The summed E-state index contributed by atoms with van der Waals surface area (Å²) in [5.41, 5.74) is 5.04. The van der Waals surface area contributed by atoms with Gasteiger partial charge in [0, 0.05) is 28.7 Å². The molecule has 0 bridgehead atoms. The highest BCUT2D eigenvalue weighted by Gasteiger charge is 2.35. The number of hydrogen-bond acceptors (Lipinski definition) is 5. The fourth-order valence-electron chi connectivity index (χ4n) is 4.14. The van der Waals surface area contributed by atoms with Gasteiger partial charge in [0.15, 0.2) is 5.88 Å². The minimum atomic E-state index is -3.41. The maximum Gasteiger partial charge on any atom is 0.235 e. The van der Waals surface area contributed by atoms with Gasteiger partial charge in [-0.1, -0.05) is 42.5 Å². The molecular formula is C27H28N4O3S. The molecule has 8 heteroatoms. The van der Waals surface area contributed by atoms with Crippen LogP contribution in [-0.4, -0.2) is 48.5 Å². The number of anilines is 1. The lowest BCUT2D eigenvalue weighted by Gasteiger charge is -2.11. The van der Waals surface area contributed by atoms with Crippen LogP contribution in [-0.2, 0) is 16.6 Å². The fraction of sp³-hybridized carbons (Fsp3) is 0.222. The average Bonchev–Trinajstić information content (AvgIpc) is 3.63. The monoisotopic (exact) mass is 488 g/mol. The minimum Gasteiger partial charge on any atom is -0.494 e. The quantitative estimate of drug-likeness (QED) is 0.304. The van der Waals surface area contributed by atoms with Gasteiger partial charge in [0.2, 0.25) is 10.0 Å². The SMILES string of the molecule is CN(C)Cc1ccc(N=C(c2ccccc2)c2c(O)[nH]c3ccc(NS(=O)(=O)C4CC4)cc23)cc1. The Morgan fingerprint density at radius 1 is 1.06 bits per heavy atom. The summed E-state index contributed by atoms with van der Waals surface area (Å²) in [7, 11) is 0.647. The van der Waals surface area contributed by atoms with Crippen LogP contribution in [0, 0.1) is 0 Å². The highest BCUT2D eigenvalue weighted by molar-refractivity contribution is 7.93. The highest BCUT2D eigenvalue weighted by Crippen LogP contribution is 2.35. The van der Waals surface area contributed by atoms with E-state index in [2.05, 4.69) is 14.6 Å². The predicted molar refractivity (Wildman–Crippen MR) is 141 cm³/mol. The summed E-state index contributed by atoms with van der Waals surface area (Å²) in [4.78, 5) is 10.0. The van der Waals surface area contributed by atoms with E-state index in [1.54, 1.807) is 18.2 Å². The van der Waals surface area contributed by atoms with Crippen molar-refractivity contribution in [1.29, 1.82) is 0 Å². The Hall–Kier alpha value is -3.62. The molecule has 3 aromatic carbocycles. The van der Waals surface area contributed by atoms with Gasteiger partial charge in [0.25, 0.3) is 0 Å². The molecule has 3 N–H and O–H groups in total. The van der Waals surface area contributed by atoms with Crippen LogP contribution in [0.15, 0.2) is 77.8 Å². The molecular weight excluding hydrogens is 460 g/mol. The number of fused-ring (bicyclic) bond motifs is 1. The first-order chi connectivity index (χ1) is 16.8. The fourth-order valence-corrected chi connectivity index (χ4v) is 5.52. The smallest absolute Gasteiger partial charge is 0.235 e. The summed E-state index contributed by atoms with van der Waals surface area (Å²) < 4.78 is 27.7. The Morgan fingerprint density at radius 3 is 2.43 bits per heavy atom. The molecule has 35 heavy (non-hydrogen) atoms. The van der Waals surface area contributed by atoms with Crippen LogP contribution in [0.5, 0.6) is 5.88 Å².